The molecule has 2 fully saturated rings. The van der Waals surface area contributed by atoms with Crippen LogP contribution >= 0.6 is 0 Å². The Morgan fingerprint density at radius 1 is 1.17 bits per heavy atom. The van der Waals surface area contributed by atoms with Crippen LogP contribution in [0.2, 0.25) is 0 Å². The van der Waals surface area contributed by atoms with Gasteiger partial charge in [0.05, 0.1) is 0 Å². The zero-order chi connectivity index (χ0) is 16.2. The van der Waals surface area contributed by atoms with Gasteiger partial charge >= 0.3 is 0 Å². The van der Waals surface area contributed by atoms with Crippen molar-refractivity contribution in [3.63, 3.8) is 0 Å². The molecule has 0 bridgehead atoms. The average Bonchev–Trinajstić information content (AvgIpc) is 3.20. The van der Waals surface area contributed by atoms with Crippen LogP contribution in [0.4, 0.5) is 5.95 Å². The Labute approximate surface area is 134 Å². The van der Waals surface area contributed by atoms with Gasteiger partial charge in [-0.3, -0.25) is 9.59 Å². The number of nitrogens with two attached hydrogens (primary N) is 1. The molecule has 9 heteroatoms. The lowest BCUT2D eigenvalue weighted by molar-refractivity contribution is -0.136. The van der Waals surface area contributed by atoms with Gasteiger partial charge in [0, 0.05) is 25.0 Å². The second-order valence-electron chi connectivity index (χ2n) is 6.34. The number of carbonyl (C=O) groups excluding carboxylic acids is 2. The van der Waals surface area contributed by atoms with Crippen LogP contribution in [0.1, 0.15) is 38.5 Å². The van der Waals surface area contributed by atoms with E-state index in [1.54, 1.807) is 0 Å². The van der Waals surface area contributed by atoms with E-state index in [1.807, 2.05) is 4.90 Å². The maximum absolute atomic E-state index is 12.4. The van der Waals surface area contributed by atoms with Crippen LogP contribution in [0, 0.1) is 5.92 Å². The highest BCUT2D eigenvalue weighted by Crippen LogP contribution is 2.27. The quantitative estimate of drug-likeness (QED) is 0.775. The van der Waals surface area contributed by atoms with Gasteiger partial charge in [-0.2, -0.15) is 0 Å². The highest BCUT2D eigenvalue weighted by molar-refractivity contribution is 5.79. The molecule has 2 amide bonds. The van der Waals surface area contributed by atoms with Crippen molar-refractivity contribution in [1.29, 1.82) is 0 Å². The van der Waals surface area contributed by atoms with Gasteiger partial charge in [0.2, 0.25) is 17.8 Å². The van der Waals surface area contributed by atoms with Crippen LogP contribution < -0.4 is 11.1 Å². The molecule has 0 unspecified atom stereocenters. The summed E-state index contributed by atoms with van der Waals surface area (Å²) in [5.41, 5.74) is 5.54. The number of amides is 2. The van der Waals surface area contributed by atoms with E-state index in [-0.39, 0.29) is 30.4 Å². The number of tetrazole rings is 1. The SMILES string of the molecule is Nc1nnnn1CC(=O)NC1CCN(C(=O)C2CCCC2)CC1. The van der Waals surface area contributed by atoms with Gasteiger partial charge in [0.25, 0.3) is 0 Å². The minimum Gasteiger partial charge on any atom is -0.367 e. The number of nitrogens with one attached hydrogen (secondary N) is 1. The number of aromatic nitrogens is 4. The number of nitrogens with zero attached hydrogens (tertiary/aromatic N) is 5. The summed E-state index contributed by atoms with van der Waals surface area (Å²) >= 11 is 0. The van der Waals surface area contributed by atoms with Crippen molar-refractivity contribution >= 4 is 17.8 Å². The predicted octanol–water partition coefficient (Wildman–Crippen LogP) is -0.447. The Hall–Kier alpha value is -2.19. The standard InChI is InChI=1S/C14H23N7O2/c15-14-17-18-19-21(14)9-12(22)16-11-5-7-20(8-6-11)13(23)10-3-1-2-4-10/h10-11H,1-9H2,(H,16,22)(H2,15,17,19). The van der Waals surface area contributed by atoms with Gasteiger partial charge in [-0.15, -0.1) is 0 Å². The molecule has 1 aromatic rings. The van der Waals surface area contributed by atoms with E-state index in [0.717, 1.165) is 25.7 Å². The summed E-state index contributed by atoms with van der Waals surface area (Å²) in [6, 6.07) is 0.0906. The Balaban J connectivity index is 1.43. The molecule has 0 aromatic carbocycles. The van der Waals surface area contributed by atoms with Crippen LogP contribution in [0.3, 0.4) is 0 Å². The minimum atomic E-state index is -0.162. The second-order valence-corrected chi connectivity index (χ2v) is 6.34. The van der Waals surface area contributed by atoms with Crippen LogP contribution in [0.15, 0.2) is 0 Å². The largest absolute Gasteiger partial charge is 0.367 e. The van der Waals surface area contributed by atoms with Gasteiger partial charge < -0.3 is 16.0 Å². The lowest BCUT2D eigenvalue weighted by atomic mass is 10.0. The fourth-order valence-electron chi connectivity index (χ4n) is 3.41. The number of hydrogen-bond acceptors (Lipinski definition) is 6. The monoisotopic (exact) mass is 321 g/mol. The van der Waals surface area contributed by atoms with Crippen molar-refractivity contribution in [3.8, 4) is 0 Å². The molecule has 0 atom stereocenters. The molecule has 1 saturated heterocycles. The Bertz CT molecular complexity index is 559. The topological polar surface area (TPSA) is 119 Å². The lowest BCUT2D eigenvalue weighted by Gasteiger charge is -2.33. The fourth-order valence-corrected chi connectivity index (χ4v) is 3.41. The molecule has 1 aromatic heterocycles. The molecule has 2 heterocycles. The van der Waals surface area contributed by atoms with Gasteiger partial charge in [-0.05, 0) is 36.1 Å². The van der Waals surface area contributed by atoms with E-state index in [2.05, 4.69) is 20.8 Å². The maximum Gasteiger partial charge on any atom is 0.242 e. The Morgan fingerprint density at radius 2 is 1.87 bits per heavy atom. The Morgan fingerprint density at radius 3 is 2.48 bits per heavy atom. The molecule has 3 rings (SSSR count). The number of piperidine rings is 1. The van der Waals surface area contributed by atoms with Crippen molar-refractivity contribution < 1.29 is 9.59 Å². The second kappa shape index (κ2) is 6.93. The van der Waals surface area contributed by atoms with Crippen molar-refractivity contribution in [3.05, 3.63) is 0 Å². The summed E-state index contributed by atoms with van der Waals surface area (Å²) in [4.78, 5) is 26.3. The predicted molar refractivity (Wildman–Crippen MR) is 81.9 cm³/mol. The first-order valence-corrected chi connectivity index (χ1v) is 8.23. The summed E-state index contributed by atoms with van der Waals surface area (Å²) in [6.45, 7) is 1.45. The summed E-state index contributed by atoms with van der Waals surface area (Å²) in [7, 11) is 0. The van der Waals surface area contributed by atoms with Crippen molar-refractivity contribution in [2.45, 2.75) is 51.1 Å². The van der Waals surface area contributed by atoms with Crippen LogP contribution in [0.25, 0.3) is 0 Å². The maximum atomic E-state index is 12.4. The normalized spacial score (nSPS) is 19.9. The van der Waals surface area contributed by atoms with Crippen molar-refractivity contribution in [2.75, 3.05) is 18.8 Å². The summed E-state index contributed by atoms with van der Waals surface area (Å²) in [6.07, 6.45) is 5.97. The zero-order valence-corrected chi connectivity index (χ0v) is 13.1. The molecule has 1 aliphatic heterocycles. The smallest absolute Gasteiger partial charge is 0.242 e. The van der Waals surface area contributed by atoms with Crippen LogP contribution in [0.5, 0.6) is 0 Å². The number of hydrogen-bond donors (Lipinski definition) is 2. The van der Waals surface area contributed by atoms with E-state index in [4.69, 9.17) is 5.73 Å². The lowest BCUT2D eigenvalue weighted by Crippen LogP contribution is -2.48. The number of anilines is 1. The van der Waals surface area contributed by atoms with Gasteiger partial charge in [0.1, 0.15) is 6.54 Å². The van der Waals surface area contributed by atoms with Crippen LogP contribution in [-0.4, -0.2) is 56.1 Å². The summed E-state index contributed by atoms with van der Waals surface area (Å²) in [5, 5.41) is 13.6. The highest BCUT2D eigenvalue weighted by atomic mass is 16.2. The number of rotatable bonds is 4. The first-order chi connectivity index (χ1) is 11.1. The average molecular weight is 321 g/mol. The molecular weight excluding hydrogens is 298 g/mol. The van der Waals surface area contributed by atoms with E-state index >= 15 is 0 Å². The van der Waals surface area contributed by atoms with Crippen LogP contribution in [-0.2, 0) is 16.1 Å². The highest BCUT2D eigenvalue weighted by Gasteiger charge is 2.30. The molecule has 0 spiro atoms. The first-order valence-electron chi connectivity index (χ1n) is 8.23. The minimum absolute atomic E-state index is 0.0139. The van der Waals surface area contributed by atoms with Crippen molar-refractivity contribution in [1.82, 2.24) is 30.4 Å². The zero-order valence-electron chi connectivity index (χ0n) is 13.1. The molecule has 23 heavy (non-hydrogen) atoms. The van der Waals surface area contributed by atoms with E-state index < -0.39 is 0 Å². The van der Waals surface area contributed by atoms with E-state index in [9.17, 15) is 9.59 Å². The van der Waals surface area contributed by atoms with Gasteiger partial charge in [-0.25, -0.2) is 4.68 Å². The number of carbonyl (C=O) groups is 2. The molecule has 3 N–H and O–H groups in total. The third-order valence-corrected chi connectivity index (χ3v) is 4.73. The van der Waals surface area contributed by atoms with E-state index in [0.29, 0.717) is 19.0 Å². The first kappa shape index (κ1) is 15.7. The molecule has 126 valence electrons. The summed E-state index contributed by atoms with van der Waals surface area (Å²) < 4.78 is 1.26. The fraction of sp³-hybridized carbons (Fsp3) is 0.786. The third kappa shape index (κ3) is 3.77. The summed E-state index contributed by atoms with van der Waals surface area (Å²) in [5.74, 6) is 0.486. The van der Waals surface area contributed by atoms with Crippen molar-refractivity contribution in [2.24, 2.45) is 5.92 Å². The number of nitrogen functional groups attached to an aromatic ring is 1. The molecule has 1 saturated carbocycles. The molecular formula is C14H23N7O2. The number of likely N-dealkylation sites (tertiary alicyclic amines) is 1. The Kier molecular flexibility index (Phi) is 4.73. The molecule has 2 aliphatic rings. The van der Waals surface area contributed by atoms with Gasteiger partial charge in [0.15, 0.2) is 0 Å². The third-order valence-electron chi connectivity index (χ3n) is 4.73. The molecule has 9 nitrogen and oxygen atoms in total. The molecule has 0 radical (unpaired) electrons. The molecule has 1 aliphatic carbocycles. The van der Waals surface area contributed by atoms with E-state index in [1.165, 1.54) is 17.5 Å². The van der Waals surface area contributed by atoms with Gasteiger partial charge in [-0.1, -0.05) is 17.9 Å².